The lowest BCUT2D eigenvalue weighted by molar-refractivity contribution is 0.601. The predicted octanol–water partition coefficient (Wildman–Crippen LogP) is 3.77. The largest absolute Gasteiger partial charge is 0.339 e. The number of rotatable bonds is 5. The highest BCUT2D eigenvalue weighted by Crippen LogP contribution is 2.24. The minimum absolute atomic E-state index is 0.00169. The van der Waals surface area contributed by atoms with Gasteiger partial charge in [0, 0.05) is 17.6 Å². The van der Waals surface area contributed by atoms with E-state index in [1.165, 1.54) is 42.6 Å². The normalized spacial score (nSPS) is 11.0. The van der Waals surface area contributed by atoms with Gasteiger partial charge >= 0.3 is 0 Å². The van der Waals surface area contributed by atoms with Gasteiger partial charge < -0.3 is 5.32 Å². The van der Waals surface area contributed by atoms with E-state index in [4.69, 9.17) is 0 Å². The number of pyridine rings is 1. The molecular formula is C17H14FN3O2S. The number of aromatic nitrogens is 1. The molecule has 7 heteroatoms. The van der Waals surface area contributed by atoms with Crippen LogP contribution in [0.25, 0.3) is 0 Å². The summed E-state index contributed by atoms with van der Waals surface area (Å²) in [5.41, 5.74) is 0.986. The van der Waals surface area contributed by atoms with E-state index in [-0.39, 0.29) is 16.4 Å². The lowest BCUT2D eigenvalue weighted by Crippen LogP contribution is -2.15. The Labute approximate surface area is 139 Å². The molecule has 0 amide bonds. The summed E-state index contributed by atoms with van der Waals surface area (Å²) in [4.78, 5) is 4.10. The molecule has 0 aliphatic heterocycles. The zero-order valence-electron chi connectivity index (χ0n) is 12.5. The van der Waals surface area contributed by atoms with E-state index in [0.29, 0.717) is 0 Å². The first-order chi connectivity index (χ1) is 11.5. The zero-order chi connectivity index (χ0) is 17.0. The zero-order valence-corrected chi connectivity index (χ0v) is 13.3. The molecule has 0 aliphatic rings. The first-order valence-electron chi connectivity index (χ1n) is 7.10. The molecule has 3 rings (SSSR count). The number of halogens is 1. The summed E-state index contributed by atoms with van der Waals surface area (Å²) in [6.07, 6.45) is 1.50. The number of nitrogens with one attached hydrogen (secondary N) is 2. The van der Waals surface area contributed by atoms with Crippen LogP contribution in [0.5, 0.6) is 0 Å². The second-order valence-electron chi connectivity index (χ2n) is 4.95. The number of hydrogen-bond donors (Lipinski definition) is 2. The molecule has 0 aliphatic carbocycles. The van der Waals surface area contributed by atoms with Gasteiger partial charge in [-0.15, -0.1) is 0 Å². The fraction of sp³-hybridized carbons (Fsp3) is 0. The molecule has 3 aromatic rings. The minimum Gasteiger partial charge on any atom is -0.339 e. The summed E-state index contributed by atoms with van der Waals surface area (Å²) in [7, 11) is -3.87. The van der Waals surface area contributed by atoms with Crippen LogP contribution in [0.1, 0.15) is 0 Å². The average Bonchev–Trinajstić information content (AvgIpc) is 2.58. The maximum Gasteiger partial charge on any atom is 0.265 e. The molecule has 1 heterocycles. The van der Waals surface area contributed by atoms with Gasteiger partial charge in [-0.05, 0) is 48.5 Å². The summed E-state index contributed by atoms with van der Waals surface area (Å²) < 4.78 is 40.6. The summed E-state index contributed by atoms with van der Waals surface area (Å²) in [6, 6.07) is 17.2. The molecule has 0 saturated heterocycles. The molecule has 1 aromatic heterocycles. The SMILES string of the molecule is O=S(=O)(Nc1ccc(F)cc1)c1cccnc1Nc1ccccc1. The number of nitrogens with zero attached hydrogens (tertiary/aromatic N) is 1. The minimum atomic E-state index is -3.87. The van der Waals surface area contributed by atoms with Gasteiger partial charge in [-0.2, -0.15) is 0 Å². The van der Waals surface area contributed by atoms with Gasteiger partial charge in [-0.25, -0.2) is 17.8 Å². The molecule has 24 heavy (non-hydrogen) atoms. The van der Waals surface area contributed by atoms with Crippen molar-refractivity contribution in [1.29, 1.82) is 0 Å². The van der Waals surface area contributed by atoms with Crippen molar-refractivity contribution in [3.63, 3.8) is 0 Å². The predicted molar refractivity (Wildman–Crippen MR) is 91.2 cm³/mol. The van der Waals surface area contributed by atoms with Crippen LogP contribution in [0, 0.1) is 5.82 Å². The lowest BCUT2D eigenvalue weighted by atomic mass is 10.3. The molecule has 122 valence electrons. The molecule has 2 aromatic carbocycles. The average molecular weight is 343 g/mol. The quantitative estimate of drug-likeness (QED) is 0.740. The van der Waals surface area contributed by atoms with Gasteiger partial charge in [0.15, 0.2) is 5.82 Å². The molecule has 0 spiro atoms. The molecule has 2 N–H and O–H groups in total. The first-order valence-corrected chi connectivity index (χ1v) is 8.58. The maximum absolute atomic E-state index is 13.0. The molecule has 0 atom stereocenters. The van der Waals surface area contributed by atoms with Crippen LogP contribution in [0.3, 0.4) is 0 Å². The summed E-state index contributed by atoms with van der Waals surface area (Å²) in [5, 5.41) is 2.98. The number of sulfonamides is 1. The van der Waals surface area contributed by atoms with Crippen LogP contribution in [0.2, 0.25) is 0 Å². The summed E-state index contributed by atoms with van der Waals surface area (Å²) in [6.45, 7) is 0. The Balaban J connectivity index is 1.92. The van der Waals surface area contributed by atoms with Crippen molar-refractivity contribution < 1.29 is 12.8 Å². The third kappa shape index (κ3) is 3.69. The standard InChI is InChI=1S/C17H14FN3O2S/c18-13-8-10-15(11-9-13)21-24(22,23)16-7-4-12-19-17(16)20-14-5-2-1-3-6-14/h1-12,21H,(H,19,20). The molecule has 0 radical (unpaired) electrons. The molecule has 0 saturated carbocycles. The van der Waals surface area contributed by atoms with Gasteiger partial charge in [0.1, 0.15) is 10.7 Å². The highest BCUT2D eigenvalue weighted by Gasteiger charge is 2.19. The highest BCUT2D eigenvalue weighted by atomic mass is 32.2. The fourth-order valence-electron chi connectivity index (χ4n) is 2.09. The van der Waals surface area contributed by atoms with Crippen LogP contribution in [-0.4, -0.2) is 13.4 Å². The maximum atomic E-state index is 13.0. The second kappa shape index (κ2) is 6.67. The fourth-order valence-corrected chi connectivity index (χ4v) is 3.26. The smallest absolute Gasteiger partial charge is 0.265 e. The van der Waals surface area contributed by atoms with Crippen LogP contribution in [-0.2, 0) is 10.0 Å². The monoisotopic (exact) mass is 343 g/mol. The van der Waals surface area contributed by atoms with Crippen LogP contribution in [0.4, 0.5) is 21.6 Å². The number of hydrogen-bond acceptors (Lipinski definition) is 4. The van der Waals surface area contributed by atoms with Gasteiger partial charge in [0.2, 0.25) is 0 Å². The van der Waals surface area contributed by atoms with E-state index in [1.807, 2.05) is 18.2 Å². The first kappa shape index (κ1) is 15.9. The van der Waals surface area contributed by atoms with Gasteiger partial charge in [-0.1, -0.05) is 18.2 Å². The second-order valence-corrected chi connectivity index (χ2v) is 6.60. The Kier molecular flexibility index (Phi) is 4.43. The Morgan fingerprint density at radius 3 is 2.25 bits per heavy atom. The number of para-hydroxylation sites is 1. The van der Waals surface area contributed by atoms with E-state index in [9.17, 15) is 12.8 Å². The lowest BCUT2D eigenvalue weighted by Gasteiger charge is -2.13. The van der Waals surface area contributed by atoms with Crippen molar-refractivity contribution in [2.45, 2.75) is 4.90 Å². The molecule has 5 nitrogen and oxygen atoms in total. The third-order valence-electron chi connectivity index (χ3n) is 3.19. The van der Waals surface area contributed by atoms with Crippen molar-refractivity contribution >= 4 is 27.2 Å². The third-order valence-corrected chi connectivity index (χ3v) is 4.61. The van der Waals surface area contributed by atoms with Gasteiger partial charge in [0.05, 0.1) is 0 Å². The number of anilines is 3. The Morgan fingerprint density at radius 2 is 1.54 bits per heavy atom. The molecule has 0 fully saturated rings. The van der Waals surface area contributed by atoms with E-state index >= 15 is 0 Å². The van der Waals surface area contributed by atoms with Gasteiger partial charge in [0.25, 0.3) is 10.0 Å². The van der Waals surface area contributed by atoms with Crippen molar-refractivity contribution in [2.75, 3.05) is 10.0 Å². The van der Waals surface area contributed by atoms with Crippen molar-refractivity contribution in [1.82, 2.24) is 4.98 Å². The van der Waals surface area contributed by atoms with Gasteiger partial charge in [-0.3, -0.25) is 4.72 Å². The number of benzene rings is 2. The van der Waals surface area contributed by atoms with E-state index < -0.39 is 15.8 Å². The van der Waals surface area contributed by atoms with Crippen molar-refractivity contribution in [2.24, 2.45) is 0 Å². The van der Waals surface area contributed by atoms with Crippen LogP contribution >= 0.6 is 0 Å². The highest BCUT2D eigenvalue weighted by molar-refractivity contribution is 7.92. The van der Waals surface area contributed by atoms with Crippen molar-refractivity contribution in [3.05, 3.63) is 78.7 Å². The van der Waals surface area contributed by atoms with E-state index in [2.05, 4.69) is 15.0 Å². The molecule has 0 bridgehead atoms. The summed E-state index contributed by atoms with van der Waals surface area (Å²) >= 11 is 0. The van der Waals surface area contributed by atoms with Crippen molar-refractivity contribution in [3.8, 4) is 0 Å². The Hall–Kier alpha value is -2.93. The van der Waals surface area contributed by atoms with Crippen LogP contribution < -0.4 is 10.0 Å². The van der Waals surface area contributed by atoms with Crippen LogP contribution in [0.15, 0.2) is 77.8 Å². The molecule has 0 unspecified atom stereocenters. The van der Waals surface area contributed by atoms with E-state index in [1.54, 1.807) is 12.1 Å². The summed E-state index contributed by atoms with van der Waals surface area (Å²) in [5.74, 6) is -0.232. The topological polar surface area (TPSA) is 71.1 Å². The Bertz CT molecular complexity index is 930. The van der Waals surface area contributed by atoms with E-state index in [0.717, 1.165) is 5.69 Å². The Morgan fingerprint density at radius 1 is 0.833 bits per heavy atom. The molecular weight excluding hydrogens is 329 g/mol.